The summed E-state index contributed by atoms with van der Waals surface area (Å²) in [5, 5.41) is 10.1. The van der Waals surface area contributed by atoms with Crippen molar-refractivity contribution >= 4 is 5.97 Å². The molecule has 0 aliphatic rings. The summed E-state index contributed by atoms with van der Waals surface area (Å²) in [4.78, 5) is 12.9. The zero-order valence-corrected chi connectivity index (χ0v) is 12.5. The second kappa shape index (κ2) is 8.05. The molecular weight excluding hydrogens is 280 g/mol. The Kier molecular flexibility index (Phi) is 6.71. The van der Waals surface area contributed by atoms with Gasteiger partial charge in [-0.25, -0.2) is 8.78 Å². The fourth-order valence-electron chi connectivity index (χ4n) is 2.04. The number of carbonyl (C=O) groups is 1. The number of carbonyl (C=O) groups excluding carboxylic acids is 1. The molecule has 0 saturated carbocycles. The summed E-state index contributed by atoms with van der Waals surface area (Å²) in [7, 11) is 1.30. The van der Waals surface area contributed by atoms with Crippen LogP contribution in [0.3, 0.4) is 0 Å². The van der Waals surface area contributed by atoms with Gasteiger partial charge in [0.05, 0.1) is 25.2 Å². The van der Waals surface area contributed by atoms with Gasteiger partial charge >= 0.3 is 5.97 Å². The summed E-state index contributed by atoms with van der Waals surface area (Å²) >= 11 is 0. The van der Waals surface area contributed by atoms with Gasteiger partial charge in [0.15, 0.2) is 0 Å². The summed E-state index contributed by atoms with van der Waals surface area (Å²) in [6.45, 7) is 4.13. The average Bonchev–Trinajstić information content (AvgIpc) is 2.42. The second-order valence-electron chi connectivity index (χ2n) is 5.07. The third-order valence-electron chi connectivity index (χ3n) is 3.30. The minimum Gasteiger partial charge on any atom is -0.469 e. The first-order valence-electron chi connectivity index (χ1n) is 6.79. The van der Waals surface area contributed by atoms with Crippen LogP contribution in [0.2, 0.25) is 0 Å². The molecule has 0 heterocycles. The van der Waals surface area contributed by atoms with E-state index in [1.165, 1.54) is 13.2 Å². The molecule has 6 heteroatoms. The normalized spacial score (nSPS) is 12.8. The van der Waals surface area contributed by atoms with Crippen LogP contribution in [0.1, 0.15) is 31.9 Å². The van der Waals surface area contributed by atoms with E-state index in [0.717, 1.165) is 12.1 Å². The van der Waals surface area contributed by atoms with Crippen molar-refractivity contribution in [2.24, 2.45) is 0 Å². The van der Waals surface area contributed by atoms with Gasteiger partial charge in [0.2, 0.25) is 0 Å². The van der Waals surface area contributed by atoms with Crippen LogP contribution in [-0.2, 0) is 9.53 Å². The van der Waals surface area contributed by atoms with Crippen LogP contribution >= 0.6 is 0 Å². The summed E-state index contributed by atoms with van der Waals surface area (Å²) in [5.74, 6) is -1.93. The summed E-state index contributed by atoms with van der Waals surface area (Å²) in [5.41, 5.74) is -0.346. The maximum absolute atomic E-state index is 13.6. The van der Waals surface area contributed by atoms with Crippen molar-refractivity contribution < 1.29 is 23.4 Å². The molecule has 0 radical (unpaired) electrons. The number of hydrogen-bond donors (Lipinski definition) is 1. The summed E-state index contributed by atoms with van der Waals surface area (Å²) in [6.07, 6.45) is -1.15. The lowest BCUT2D eigenvalue weighted by atomic mass is 10.1. The Morgan fingerprint density at radius 3 is 2.38 bits per heavy atom. The van der Waals surface area contributed by atoms with E-state index in [1.54, 1.807) is 4.90 Å². The van der Waals surface area contributed by atoms with Crippen molar-refractivity contribution in [3.05, 3.63) is 35.4 Å². The molecule has 1 aromatic carbocycles. The number of hydrogen-bond acceptors (Lipinski definition) is 4. The standard InChI is InChI=1S/C15H21F2NO3/c1-10(2)18(8-7-14(20)21-3)9-13(19)15-11(16)5-4-6-12(15)17/h4-6,10,13,19H,7-9H2,1-3H3. The first kappa shape index (κ1) is 17.5. The Hall–Kier alpha value is -1.53. The van der Waals surface area contributed by atoms with Crippen molar-refractivity contribution in [3.8, 4) is 0 Å². The van der Waals surface area contributed by atoms with Gasteiger partial charge in [-0.15, -0.1) is 0 Å². The molecule has 1 unspecified atom stereocenters. The predicted molar refractivity (Wildman–Crippen MR) is 74.7 cm³/mol. The maximum Gasteiger partial charge on any atom is 0.306 e. The lowest BCUT2D eigenvalue weighted by molar-refractivity contribution is -0.141. The van der Waals surface area contributed by atoms with E-state index in [-0.39, 0.29) is 30.5 Å². The number of benzene rings is 1. The zero-order valence-electron chi connectivity index (χ0n) is 12.5. The molecule has 0 spiro atoms. The van der Waals surface area contributed by atoms with Crippen molar-refractivity contribution in [2.75, 3.05) is 20.2 Å². The van der Waals surface area contributed by atoms with E-state index in [1.807, 2.05) is 13.8 Å². The first-order chi connectivity index (χ1) is 9.86. The van der Waals surface area contributed by atoms with Gasteiger partial charge in [0.25, 0.3) is 0 Å². The highest BCUT2D eigenvalue weighted by molar-refractivity contribution is 5.69. The Bertz CT molecular complexity index is 460. The molecule has 1 N–H and O–H groups in total. The fourth-order valence-corrected chi connectivity index (χ4v) is 2.04. The molecular formula is C15H21F2NO3. The molecule has 1 atom stereocenters. The molecule has 0 aromatic heterocycles. The molecule has 4 nitrogen and oxygen atoms in total. The smallest absolute Gasteiger partial charge is 0.306 e. The minimum absolute atomic E-state index is 0.0131. The molecule has 1 rings (SSSR count). The number of methoxy groups -OCH3 is 1. The SMILES string of the molecule is COC(=O)CCN(CC(O)c1c(F)cccc1F)C(C)C. The minimum atomic E-state index is -1.30. The van der Waals surface area contributed by atoms with Gasteiger partial charge in [-0.3, -0.25) is 9.69 Å². The molecule has 0 bridgehead atoms. The highest BCUT2D eigenvalue weighted by Gasteiger charge is 2.22. The number of aliphatic hydroxyl groups is 1. The highest BCUT2D eigenvalue weighted by Crippen LogP contribution is 2.22. The molecule has 1 aromatic rings. The number of halogens is 2. The number of rotatable bonds is 7. The third kappa shape index (κ3) is 5.06. The molecule has 21 heavy (non-hydrogen) atoms. The Balaban J connectivity index is 2.76. The lowest BCUT2D eigenvalue weighted by Crippen LogP contribution is -2.36. The monoisotopic (exact) mass is 301 g/mol. The Labute approximate surface area is 123 Å². The number of ether oxygens (including phenoxy) is 1. The lowest BCUT2D eigenvalue weighted by Gasteiger charge is -2.28. The van der Waals surface area contributed by atoms with E-state index in [9.17, 15) is 18.7 Å². The van der Waals surface area contributed by atoms with E-state index >= 15 is 0 Å². The quantitative estimate of drug-likeness (QED) is 0.785. The maximum atomic E-state index is 13.6. The van der Waals surface area contributed by atoms with Crippen molar-refractivity contribution in [2.45, 2.75) is 32.4 Å². The fraction of sp³-hybridized carbons (Fsp3) is 0.533. The molecule has 0 saturated heterocycles. The van der Waals surface area contributed by atoms with E-state index in [4.69, 9.17) is 0 Å². The van der Waals surface area contributed by atoms with Gasteiger partial charge in [-0.2, -0.15) is 0 Å². The van der Waals surface area contributed by atoms with Crippen LogP contribution in [0.5, 0.6) is 0 Å². The molecule has 118 valence electrons. The van der Waals surface area contributed by atoms with Gasteiger partial charge < -0.3 is 9.84 Å². The van der Waals surface area contributed by atoms with Crippen molar-refractivity contribution in [1.82, 2.24) is 4.90 Å². The average molecular weight is 301 g/mol. The van der Waals surface area contributed by atoms with Gasteiger partial charge in [0, 0.05) is 19.1 Å². The number of esters is 1. The summed E-state index contributed by atoms with van der Waals surface area (Å²) < 4.78 is 31.8. The number of nitrogens with zero attached hydrogens (tertiary/aromatic N) is 1. The van der Waals surface area contributed by atoms with Crippen LogP contribution in [0.15, 0.2) is 18.2 Å². The predicted octanol–water partition coefficient (Wildman–Crippen LogP) is 2.27. The highest BCUT2D eigenvalue weighted by atomic mass is 19.1. The zero-order chi connectivity index (χ0) is 16.0. The van der Waals surface area contributed by atoms with Crippen LogP contribution < -0.4 is 0 Å². The third-order valence-corrected chi connectivity index (χ3v) is 3.30. The molecule has 0 amide bonds. The van der Waals surface area contributed by atoms with Gasteiger partial charge in [-0.1, -0.05) is 6.07 Å². The van der Waals surface area contributed by atoms with Crippen LogP contribution in [0.25, 0.3) is 0 Å². The first-order valence-corrected chi connectivity index (χ1v) is 6.79. The van der Waals surface area contributed by atoms with E-state index in [2.05, 4.69) is 4.74 Å². The molecule has 0 fully saturated rings. The topological polar surface area (TPSA) is 49.8 Å². The van der Waals surface area contributed by atoms with Crippen LogP contribution in [0, 0.1) is 11.6 Å². The van der Waals surface area contributed by atoms with Gasteiger partial charge in [-0.05, 0) is 26.0 Å². The van der Waals surface area contributed by atoms with Crippen molar-refractivity contribution in [1.29, 1.82) is 0 Å². The Morgan fingerprint density at radius 1 is 1.33 bits per heavy atom. The largest absolute Gasteiger partial charge is 0.469 e. The molecule has 0 aliphatic heterocycles. The van der Waals surface area contributed by atoms with Crippen LogP contribution in [0.4, 0.5) is 8.78 Å². The molecule has 0 aliphatic carbocycles. The van der Waals surface area contributed by atoms with Crippen LogP contribution in [-0.4, -0.2) is 42.2 Å². The van der Waals surface area contributed by atoms with Gasteiger partial charge in [0.1, 0.15) is 11.6 Å². The number of aliphatic hydroxyl groups excluding tert-OH is 1. The van der Waals surface area contributed by atoms with E-state index < -0.39 is 17.7 Å². The second-order valence-corrected chi connectivity index (χ2v) is 5.07. The van der Waals surface area contributed by atoms with E-state index in [0.29, 0.717) is 6.54 Å². The Morgan fingerprint density at radius 2 is 1.90 bits per heavy atom. The van der Waals surface area contributed by atoms with Crippen molar-refractivity contribution in [3.63, 3.8) is 0 Å². The summed E-state index contributed by atoms with van der Waals surface area (Å²) in [6, 6.07) is 3.48.